The van der Waals surface area contributed by atoms with E-state index >= 15 is 0 Å². The molecule has 1 heterocycles. The Balaban J connectivity index is 2.17. The van der Waals surface area contributed by atoms with Crippen molar-refractivity contribution in [3.8, 4) is 0 Å². The number of hydrazine groups is 1. The Morgan fingerprint density at radius 1 is 1.44 bits per heavy atom. The number of nitrogens with two attached hydrogens (primary N) is 1. The highest BCUT2D eigenvalue weighted by atomic mass is 35.5. The summed E-state index contributed by atoms with van der Waals surface area (Å²) in [4.78, 5) is 0. The summed E-state index contributed by atoms with van der Waals surface area (Å²) in [5, 5.41) is 11.0. The maximum Gasteiger partial charge on any atom is 0.101 e. The van der Waals surface area contributed by atoms with E-state index in [-0.39, 0.29) is 6.04 Å². The summed E-state index contributed by atoms with van der Waals surface area (Å²) in [5.41, 5.74) is 4.49. The minimum absolute atomic E-state index is 0.0985. The van der Waals surface area contributed by atoms with Crippen molar-refractivity contribution in [1.29, 1.82) is 0 Å². The van der Waals surface area contributed by atoms with Crippen LogP contribution in [-0.4, -0.2) is 15.4 Å². The molecule has 1 unspecified atom stereocenters. The molecule has 0 radical (unpaired) electrons. The second-order valence-corrected chi connectivity index (χ2v) is 3.82. The molecule has 0 aliphatic rings. The van der Waals surface area contributed by atoms with Crippen LogP contribution in [0.1, 0.15) is 17.3 Å². The van der Waals surface area contributed by atoms with Crippen molar-refractivity contribution < 1.29 is 0 Å². The van der Waals surface area contributed by atoms with Crippen LogP contribution >= 0.6 is 11.6 Å². The van der Waals surface area contributed by atoms with Crippen LogP contribution in [0, 0.1) is 0 Å². The van der Waals surface area contributed by atoms with Crippen molar-refractivity contribution in [2.24, 2.45) is 5.84 Å². The van der Waals surface area contributed by atoms with Crippen LogP contribution in [0.5, 0.6) is 0 Å². The van der Waals surface area contributed by atoms with Crippen LogP contribution in [-0.2, 0) is 6.42 Å². The molecule has 0 aliphatic heterocycles. The molecule has 1 aromatic heterocycles. The Bertz CT molecular complexity index is 442. The Morgan fingerprint density at radius 3 is 2.88 bits per heavy atom. The predicted molar refractivity (Wildman–Crippen MR) is 61.6 cm³/mol. The van der Waals surface area contributed by atoms with E-state index in [1.165, 1.54) is 0 Å². The molecule has 1 atom stereocenters. The molecule has 6 heteroatoms. The molecule has 0 saturated carbocycles. The summed E-state index contributed by atoms with van der Waals surface area (Å²) in [5.74, 6) is 5.49. The van der Waals surface area contributed by atoms with Gasteiger partial charge in [-0.1, -0.05) is 29.8 Å². The molecule has 2 aromatic rings. The predicted octanol–water partition coefficient (Wildman–Crippen LogP) is 1.21. The van der Waals surface area contributed by atoms with Gasteiger partial charge >= 0.3 is 0 Å². The number of rotatable bonds is 4. The van der Waals surface area contributed by atoms with Gasteiger partial charge < -0.3 is 0 Å². The molecule has 0 saturated heterocycles. The van der Waals surface area contributed by atoms with Crippen LogP contribution in [0.15, 0.2) is 30.5 Å². The number of nitrogens with one attached hydrogen (secondary N) is 2. The van der Waals surface area contributed by atoms with Gasteiger partial charge in [-0.25, -0.2) is 0 Å². The summed E-state index contributed by atoms with van der Waals surface area (Å²) in [6.07, 6.45) is 2.31. The number of H-pyrrole nitrogens is 1. The number of benzene rings is 1. The van der Waals surface area contributed by atoms with Crippen LogP contribution in [0.4, 0.5) is 0 Å². The third kappa shape index (κ3) is 2.38. The van der Waals surface area contributed by atoms with E-state index in [9.17, 15) is 0 Å². The van der Waals surface area contributed by atoms with Crippen molar-refractivity contribution >= 4 is 11.6 Å². The lowest BCUT2D eigenvalue weighted by atomic mass is 10.0. The number of nitrogens with zero attached hydrogens (tertiary/aromatic N) is 2. The number of aromatic nitrogens is 3. The molecule has 0 fully saturated rings. The van der Waals surface area contributed by atoms with Gasteiger partial charge in [-0.15, -0.1) is 0 Å². The molecule has 5 nitrogen and oxygen atoms in total. The van der Waals surface area contributed by atoms with E-state index < -0.39 is 0 Å². The van der Waals surface area contributed by atoms with Crippen molar-refractivity contribution in [3.05, 3.63) is 46.7 Å². The van der Waals surface area contributed by atoms with Crippen LogP contribution in [0.25, 0.3) is 0 Å². The Morgan fingerprint density at radius 2 is 2.25 bits per heavy atom. The Hall–Kier alpha value is -1.43. The SMILES string of the molecule is NNC(Cc1ccccc1Cl)c1cn[nH]n1. The average Bonchev–Trinajstić information content (AvgIpc) is 2.81. The van der Waals surface area contributed by atoms with Crippen LogP contribution < -0.4 is 11.3 Å². The minimum Gasteiger partial charge on any atom is -0.271 e. The van der Waals surface area contributed by atoms with Gasteiger partial charge in [0.05, 0.1) is 12.2 Å². The third-order valence-electron chi connectivity index (χ3n) is 2.37. The molecule has 0 aliphatic carbocycles. The first-order valence-electron chi connectivity index (χ1n) is 4.86. The fourth-order valence-corrected chi connectivity index (χ4v) is 1.72. The zero-order chi connectivity index (χ0) is 11.4. The van der Waals surface area contributed by atoms with Gasteiger partial charge in [-0.2, -0.15) is 15.4 Å². The first-order chi connectivity index (χ1) is 7.81. The standard InChI is InChI=1S/C10H12ClN5/c11-8-4-2-1-3-7(8)5-9(14-12)10-6-13-16-15-10/h1-4,6,9,14H,5,12H2,(H,13,15,16). The highest BCUT2D eigenvalue weighted by Crippen LogP contribution is 2.21. The van der Waals surface area contributed by atoms with E-state index in [2.05, 4.69) is 20.8 Å². The monoisotopic (exact) mass is 237 g/mol. The molecule has 1 aromatic carbocycles. The van der Waals surface area contributed by atoms with E-state index in [1.807, 2.05) is 24.3 Å². The topological polar surface area (TPSA) is 79.6 Å². The first kappa shape index (κ1) is 11.1. The van der Waals surface area contributed by atoms with Crippen molar-refractivity contribution in [1.82, 2.24) is 20.8 Å². The highest BCUT2D eigenvalue weighted by molar-refractivity contribution is 6.31. The lowest BCUT2D eigenvalue weighted by Crippen LogP contribution is -2.30. The largest absolute Gasteiger partial charge is 0.271 e. The number of hydrogen-bond donors (Lipinski definition) is 3. The summed E-state index contributed by atoms with van der Waals surface area (Å²) < 4.78 is 0. The summed E-state index contributed by atoms with van der Waals surface area (Å²) in [6.45, 7) is 0. The number of halogens is 1. The average molecular weight is 238 g/mol. The van der Waals surface area contributed by atoms with Crippen LogP contribution in [0.3, 0.4) is 0 Å². The lowest BCUT2D eigenvalue weighted by molar-refractivity contribution is 0.537. The van der Waals surface area contributed by atoms with Gasteiger partial charge in [0, 0.05) is 5.02 Å². The zero-order valence-electron chi connectivity index (χ0n) is 8.52. The van der Waals surface area contributed by atoms with Gasteiger partial charge in [0.2, 0.25) is 0 Å². The molecule has 4 N–H and O–H groups in total. The molecule has 84 valence electrons. The summed E-state index contributed by atoms with van der Waals surface area (Å²) in [7, 11) is 0. The molecule has 0 bridgehead atoms. The third-order valence-corrected chi connectivity index (χ3v) is 2.74. The summed E-state index contributed by atoms with van der Waals surface area (Å²) >= 11 is 6.07. The highest BCUT2D eigenvalue weighted by Gasteiger charge is 2.14. The second kappa shape index (κ2) is 5.07. The van der Waals surface area contributed by atoms with Crippen molar-refractivity contribution in [2.45, 2.75) is 12.5 Å². The molecule has 16 heavy (non-hydrogen) atoms. The second-order valence-electron chi connectivity index (χ2n) is 3.41. The Labute approximate surface area is 98.0 Å². The smallest absolute Gasteiger partial charge is 0.101 e. The molecule has 2 rings (SSSR count). The van der Waals surface area contributed by atoms with Gasteiger partial charge in [0.1, 0.15) is 5.69 Å². The van der Waals surface area contributed by atoms with Crippen molar-refractivity contribution in [3.63, 3.8) is 0 Å². The van der Waals surface area contributed by atoms with Crippen molar-refractivity contribution in [2.75, 3.05) is 0 Å². The van der Waals surface area contributed by atoms with Gasteiger partial charge in [0.15, 0.2) is 0 Å². The quantitative estimate of drug-likeness (QED) is 0.552. The van der Waals surface area contributed by atoms with E-state index in [0.29, 0.717) is 6.42 Å². The maximum absolute atomic E-state index is 6.07. The minimum atomic E-state index is -0.0985. The van der Waals surface area contributed by atoms with Gasteiger partial charge in [-0.05, 0) is 18.1 Å². The molecule has 0 amide bonds. The number of hydrogen-bond acceptors (Lipinski definition) is 4. The van der Waals surface area contributed by atoms with Crippen LogP contribution in [0.2, 0.25) is 5.02 Å². The van der Waals surface area contributed by atoms with Gasteiger partial charge in [-0.3, -0.25) is 11.3 Å². The Kier molecular flexibility index (Phi) is 3.51. The fraction of sp³-hybridized carbons (Fsp3) is 0.200. The van der Waals surface area contributed by atoms with Gasteiger partial charge in [0.25, 0.3) is 0 Å². The van der Waals surface area contributed by atoms with E-state index in [4.69, 9.17) is 17.4 Å². The maximum atomic E-state index is 6.07. The molecule has 0 spiro atoms. The lowest BCUT2D eigenvalue weighted by Gasteiger charge is -2.13. The first-order valence-corrected chi connectivity index (χ1v) is 5.24. The fourth-order valence-electron chi connectivity index (χ4n) is 1.51. The number of aromatic amines is 1. The normalized spacial score (nSPS) is 12.6. The van der Waals surface area contributed by atoms with E-state index in [0.717, 1.165) is 16.3 Å². The zero-order valence-corrected chi connectivity index (χ0v) is 9.28. The van der Waals surface area contributed by atoms with E-state index in [1.54, 1.807) is 6.20 Å². The molecular formula is C10H12ClN5. The summed E-state index contributed by atoms with van der Waals surface area (Å²) in [6, 6.07) is 7.56. The molecular weight excluding hydrogens is 226 g/mol.